The van der Waals surface area contributed by atoms with E-state index in [2.05, 4.69) is 10.3 Å². The number of nitrogens with zero attached hydrogens (tertiary/aromatic N) is 1. The van der Waals surface area contributed by atoms with Crippen LogP contribution in [-0.4, -0.2) is 23.6 Å². The molecular weight excluding hydrogens is 334 g/mol. The maximum Gasteiger partial charge on any atom is 0.261 e. The largest absolute Gasteiger partial charge is 0.377 e. The third kappa shape index (κ3) is 2.66. The molecule has 0 aliphatic carbocycles. The molecule has 24 heavy (non-hydrogen) atoms. The molecule has 1 aromatic carbocycles. The van der Waals surface area contributed by atoms with Crippen molar-refractivity contribution in [3.8, 4) is 0 Å². The van der Waals surface area contributed by atoms with Crippen LogP contribution in [0.2, 0.25) is 5.02 Å². The molecule has 1 atom stereocenters. The van der Waals surface area contributed by atoms with Gasteiger partial charge in [0.25, 0.3) is 5.92 Å². The maximum atomic E-state index is 15.0. The van der Waals surface area contributed by atoms with Gasteiger partial charge in [-0.15, -0.1) is 0 Å². The Labute approximate surface area is 145 Å². The predicted octanol–water partition coefficient (Wildman–Crippen LogP) is 5.16. The average molecular weight is 353 g/mol. The Morgan fingerprint density at radius 1 is 1.29 bits per heavy atom. The second kappa shape index (κ2) is 5.97. The van der Waals surface area contributed by atoms with E-state index in [-0.39, 0.29) is 12.7 Å². The smallest absolute Gasteiger partial charge is 0.261 e. The summed E-state index contributed by atoms with van der Waals surface area (Å²) in [4.78, 5) is 4.24. The summed E-state index contributed by atoms with van der Waals surface area (Å²) in [6.45, 7) is 4.41. The van der Waals surface area contributed by atoms with Crippen LogP contribution in [0.3, 0.4) is 0 Å². The number of rotatable bonds is 4. The van der Waals surface area contributed by atoms with Crippen molar-refractivity contribution in [3.63, 3.8) is 0 Å². The maximum absolute atomic E-state index is 15.0. The van der Waals surface area contributed by atoms with Crippen molar-refractivity contribution in [1.82, 2.24) is 4.98 Å². The third-order valence-corrected chi connectivity index (χ3v) is 4.58. The lowest BCUT2D eigenvalue weighted by Gasteiger charge is -2.44. The summed E-state index contributed by atoms with van der Waals surface area (Å²) in [5.41, 5.74) is -0.261. The molecule has 0 saturated carbocycles. The normalized spacial score (nSPS) is 19.6. The summed E-state index contributed by atoms with van der Waals surface area (Å²) in [5.74, 6) is -2.66. The Kier molecular flexibility index (Phi) is 4.26. The first-order valence-corrected chi connectivity index (χ1v) is 8.15. The van der Waals surface area contributed by atoms with E-state index in [0.29, 0.717) is 27.7 Å². The van der Waals surface area contributed by atoms with Crippen LogP contribution in [0.25, 0.3) is 0 Å². The molecule has 2 heterocycles. The minimum absolute atomic E-state index is 0.165. The summed E-state index contributed by atoms with van der Waals surface area (Å²) >= 11 is 6.11. The molecule has 128 valence electrons. The summed E-state index contributed by atoms with van der Waals surface area (Å²) in [6.07, 6.45) is 1.40. The monoisotopic (exact) mass is 352 g/mol. The highest BCUT2D eigenvalue weighted by molar-refractivity contribution is 6.30. The van der Waals surface area contributed by atoms with Gasteiger partial charge in [0, 0.05) is 29.4 Å². The first-order valence-electron chi connectivity index (χ1n) is 7.77. The highest BCUT2D eigenvalue weighted by Gasteiger charge is 2.57. The molecule has 0 spiro atoms. The lowest BCUT2D eigenvalue weighted by atomic mass is 9.68. The first kappa shape index (κ1) is 17.1. The highest BCUT2D eigenvalue weighted by Crippen LogP contribution is 2.53. The molecule has 0 fully saturated rings. The van der Waals surface area contributed by atoms with E-state index in [1.165, 1.54) is 0 Å². The summed E-state index contributed by atoms with van der Waals surface area (Å²) in [5, 5.41) is 3.53. The zero-order valence-electron chi connectivity index (χ0n) is 13.7. The van der Waals surface area contributed by atoms with Gasteiger partial charge in [-0.1, -0.05) is 17.7 Å². The summed E-state index contributed by atoms with van der Waals surface area (Å²) < 4.78 is 35.7. The lowest BCUT2D eigenvalue weighted by molar-refractivity contribution is -0.0867. The molecule has 0 radical (unpaired) electrons. The zero-order chi connectivity index (χ0) is 17.5. The van der Waals surface area contributed by atoms with Crippen molar-refractivity contribution in [1.29, 1.82) is 0 Å². The van der Waals surface area contributed by atoms with Crippen LogP contribution in [0, 0.1) is 0 Å². The predicted molar refractivity (Wildman–Crippen MR) is 91.5 cm³/mol. The molecule has 1 unspecified atom stereocenters. The fraction of sp³-hybridized carbons (Fsp3) is 0.389. The van der Waals surface area contributed by atoms with Crippen LogP contribution in [0.15, 0.2) is 36.5 Å². The van der Waals surface area contributed by atoms with Crippen LogP contribution in [0.1, 0.15) is 31.9 Å². The van der Waals surface area contributed by atoms with Gasteiger partial charge in [0.1, 0.15) is 11.2 Å². The number of pyridine rings is 1. The Morgan fingerprint density at radius 2 is 2.04 bits per heavy atom. The van der Waals surface area contributed by atoms with Crippen molar-refractivity contribution in [2.24, 2.45) is 0 Å². The highest BCUT2D eigenvalue weighted by atomic mass is 35.5. The number of halogens is 3. The number of aromatic nitrogens is 1. The van der Waals surface area contributed by atoms with Crippen molar-refractivity contribution in [3.05, 3.63) is 52.7 Å². The van der Waals surface area contributed by atoms with E-state index in [1.54, 1.807) is 36.5 Å². The Bertz CT molecular complexity index is 761. The average Bonchev–Trinajstić information content (AvgIpc) is 2.50. The quantitative estimate of drug-likeness (QED) is 0.825. The number of nitrogens with one attached hydrogen (secondary N) is 1. The molecule has 1 N–H and O–H groups in total. The van der Waals surface area contributed by atoms with Gasteiger partial charge in [0.2, 0.25) is 0 Å². The number of fused-ring (bicyclic) bond motifs is 2. The minimum atomic E-state index is -3.08. The van der Waals surface area contributed by atoms with Crippen molar-refractivity contribution in [2.45, 2.75) is 38.2 Å². The van der Waals surface area contributed by atoms with Crippen LogP contribution in [0.5, 0.6) is 0 Å². The number of benzene rings is 1. The van der Waals surface area contributed by atoms with Crippen molar-refractivity contribution >= 4 is 23.1 Å². The van der Waals surface area contributed by atoms with Crippen LogP contribution in [-0.2, 0) is 10.2 Å². The molecule has 1 aromatic heterocycles. The van der Waals surface area contributed by atoms with E-state index >= 15 is 8.78 Å². The molecular formula is C18H19ClF2N2O. The molecule has 2 aromatic rings. The minimum Gasteiger partial charge on any atom is -0.377 e. The summed E-state index contributed by atoms with van der Waals surface area (Å²) in [7, 11) is 0. The molecule has 0 bridgehead atoms. The number of ether oxygens (including phenoxy) is 1. The number of hydrogen-bond acceptors (Lipinski definition) is 3. The van der Waals surface area contributed by atoms with E-state index in [0.717, 1.165) is 6.92 Å². The van der Waals surface area contributed by atoms with Crippen LogP contribution in [0.4, 0.5) is 20.3 Å². The Morgan fingerprint density at radius 3 is 2.71 bits per heavy atom. The van der Waals surface area contributed by atoms with Gasteiger partial charge in [-0.2, -0.15) is 0 Å². The molecule has 3 nitrogen and oxygen atoms in total. The zero-order valence-corrected chi connectivity index (χ0v) is 14.5. The van der Waals surface area contributed by atoms with Gasteiger partial charge in [-0.25, -0.2) is 13.8 Å². The van der Waals surface area contributed by atoms with Gasteiger partial charge in [-0.3, -0.25) is 0 Å². The van der Waals surface area contributed by atoms with Crippen molar-refractivity contribution in [2.75, 3.05) is 11.9 Å². The van der Waals surface area contributed by atoms with Crippen LogP contribution >= 0.6 is 11.6 Å². The van der Waals surface area contributed by atoms with Gasteiger partial charge in [0.05, 0.1) is 12.7 Å². The number of alkyl halides is 2. The Hall–Kier alpha value is -1.72. The van der Waals surface area contributed by atoms with Crippen LogP contribution < -0.4 is 5.32 Å². The summed E-state index contributed by atoms with van der Waals surface area (Å²) in [6, 6.07) is 8.28. The van der Waals surface area contributed by atoms with Gasteiger partial charge < -0.3 is 10.1 Å². The molecule has 3 rings (SSSR count). The van der Waals surface area contributed by atoms with Gasteiger partial charge >= 0.3 is 0 Å². The van der Waals surface area contributed by atoms with Gasteiger partial charge in [-0.05, 0) is 43.7 Å². The molecule has 0 saturated heterocycles. The Balaban J connectivity index is 2.31. The van der Waals surface area contributed by atoms with E-state index in [9.17, 15) is 0 Å². The first-order chi connectivity index (χ1) is 11.3. The third-order valence-electron chi connectivity index (χ3n) is 4.34. The fourth-order valence-electron chi connectivity index (χ4n) is 3.15. The van der Waals surface area contributed by atoms with E-state index in [1.807, 2.05) is 13.8 Å². The number of hydrogen-bond donors (Lipinski definition) is 1. The van der Waals surface area contributed by atoms with Gasteiger partial charge in [0.15, 0.2) is 0 Å². The topological polar surface area (TPSA) is 34.1 Å². The second-order valence-electron chi connectivity index (χ2n) is 6.37. The fourth-order valence-corrected chi connectivity index (χ4v) is 3.32. The van der Waals surface area contributed by atoms with E-state index in [4.69, 9.17) is 16.3 Å². The second-order valence-corrected chi connectivity index (χ2v) is 6.80. The number of anilines is 2. The molecule has 1 aliphatic heterocycles. The molecule has 1 aliphatic rings. The SMILES string of the molecule is CC(C)OCC1(C(C)(F)F)c2cc(Cl)ccc2Nc2ncccc21. The standard InChI is InChI=1S/C18H19ClF2N2O/c1-11(2)24-10-18(17(3,20)21)13-5-4-8-22-16(13)23-15-7-6-12(19)9-14(15)18/h4-9,11H,10H2,1-3H3,(H,22,23). The van der Waals surface area contributed by atoms with Crippen molar-refractivity contribution < 1.29 is 13.5 Å². The lowest BCUT2D eigenvalue weighted by Crippen LogP contribution is -2.50. The molecule has 6 heteroatoms. The molecule has 0 amide bonds. The van der Waals surface area contributed by atoms with E-state index < -0.39 is 11.3 Å².